The summed E-state index contributed by atoms with van der Waals surface area (Å²) in [6.07, 6.45) is 0. The van der Waals surface area contributed by atoms with Gasteiger partial charge in [-0.3, -0.25) is 4.79 Å². The quantitative estimate of drug-likeness (QED) is 0.878. The van der Waals surface area contributed by atoms with Crippen molar-refractivity contribution < 1.29 is 4.79 Å². The van der Waals surface area contributed by atoms with Crippen LogP contribution in [0.4, 0.5) is 11.4 Å². The molecule has 0 saturated heterocycles. The Kier molecular flexibility index (Phi) is 3.59. The minimum absolute atomic E-state index is 0.148. The van der Waals surface area contributed by atoms with Crippen LogP contribution in [0.2, 0.25) is 5.02 Å². The molecule has 1 aromatic carbocycles. The predicted molar refractivity (Wildman–Crippen MR) is 77.6 cm³/mol. The normalized spacial score (nSPS) is 10.4. The summed E-state index contributed by atoms with van der Waals surface area (Å²) in [7, 11) is 0. The van der Waals surface area contributed by atoms with Crippen molar-refractivity contribution in [2.75, 3.05) is 11.1 Å². The summed E-state index contributed by atoms with van der Waals surface area (Å²) in [6.45, 7) is 3.79. The Morgan fingerprint density at radius 3 is 2.61 bits per heavy atom. The number of halogens is 1. The lowest BCUT2D eigenvalue weighted by atomic mass is 10.2. The van der Waals surface area contributed by atoms with Gasteiger partial charge in [0.05, 0.1) is 4.88 Å². The van der Waals surface area contributed by atoms with Crippen LogP contribution in [0.25, 0.3) is 0 Å². The number of benzene rings is 1. The first-order valence-corrected chi connectivity index (χ1v) is 6.60. The van der Waals surface area contributed by atoms with Gasteiger partial charge in [0.2, 0.25) is 0 Å². The molecule has 0 aliphatic heterocycles. The van der Waals surface area contributed by atoms with Gasteiger partial charge in [0.25, 0.3) is 5.91 Å². The van der Waals surface area contributed by atoms with Gasteiger partial charge >= 0.3 is 0 Å². The third-order valence-electron chi connectivity index (χ3n) is 2.62. The maximum atomic E-state index is 12.0. The Labute approximate surface area is 115 Å². The van der Waals surface area contributed by atoms with Crippen LogP contribution in [-0.2, 0) is 0 Å². The molecule has 0 atom stereocenters. The van der Waals surface area contributed by atoms with Gasteiger partial charge < -0.3 is 11.1 Å². The first-order chi connectivity index (χ1) is 8.47. The second-order valence-corrected chi connectivity index (χ2v) is 5.73. The van der Waals surface area contributed by atoms with Gasteiger partial charge in [0.15, 0.2) is 0 Å². The number of carbonyl (C=O) groups excluding carboxylic acids is 1. The van der Waals surface area contributed by atoms with E-state index < -0.39 is 0 Å². The molecule has 0 aliphatic rings. The molecular weight excluding hydrogens is 268 g/mol. The average Bonchev–Trinajstić information content (AvgIpc) is 2.63. The molecule has 1 heterocycles. The van der Waals surface area contributed by atoms with Crippen molar-refractivity contribution in [1.29, 1.82) is 0 Å². The van der Waals surface area contributed by atoms with Crippen LogP contribution in [0.5, 0.6) is 0 Å². The van der Waals surface area contributed by atoms with E-state index in [1.165, 1.54) is 11.3 Å². The first kappa shape index (κ1) is 12.9. The van der Waals surface area contributed by atoms with Crippen molar-refractivity contribution in [3.63, 3.8) is 0 Å². The minimum Gasteiger partial charge on any atom is -0.398 e. The number of nitrogens with two attached hydrogens (primary N) is 1. The summed E-state index contributed by atoms with van der Waals surface area (Å²) >= 11 is 7.26. The van der Waals surface area contributed by atoms with Crippen LogP contribution >= 0.6 is 22.9 Å². The lowest BCUT2D eigenvalue weighted by Crippen LogP contribution is -2.11. The van der Waals surface area contributed by atoms with Crippen molar-refractivity contribution in [3.05, 3.63) is 44.6 Å². The van der Waals surface area contributed by atoms with E-state index in [2.05, 4.69) is 5.32 Å². The van der Waals surface area contributed by atoms with Crippen LogP contribution < -0.4 is 11.1 Å². The van der Waals surface area contributed by atoms with Crippen LogP contribution in [0.1, 0.15) is 20.1 Å². The van der Waals surface area contributed by atoms with Gasteiger partial charge in [-0.15, -0.1) is 11.3 Å². The zero-order chi connectivity index (χ0) is 13.3. The summed E-state index contributed by atoms with van der Waals surface area (Å²) in [6, 6.07) is 7.05. The highest BCUT2D eigenvalue weighted by molar-refractivity contribution is 7.14. The molecule has 2 rings (SSSR count). The van der Waals surface area contributed by atoms with Crippen molar-refractivity contribution >= 4 is 40.2 Å². The van der Waals surface area contributed by atoms with Crippen LogP contribution in [0, 0.1) is 13.8 Å². The third-order valence-corrected chi connectivity index (χ3v) is 3.92. The number of nitrogen functional groups attached to an aromatic ring is 1. The summed E-state index contributed by atoms with van der Waals surface area (Å²) < 4.78 is 0. The first-order valence-electron chi connectivity index (χ1n) is 5.41. The molecular formula is C13H13ClN2OS. The van der Waals surface area contributed by atoms with E-state index in [-0.39, 0.29) is 5.91 Å². The Morgan fingerprint density at radius 1 is 1.33 bits per heavy atom. The second kappa shape index (κ2) is 5.00. The molecule has 0 aliphatic carbocycles. The highest BCUT2D eigenvalue weighted by Gasteiger charge is 2.12. The van der Waals surface area contributed by atoms with Gasteiger partial charge in [-0.05, 0) is 43.7 Å². The number of aryl methyl sites for hydroxylation is 2. The molecule has 5 heteroatoms. The van der Waals surface area contributed by atoms with E-state index in [0.29, 0.717) is 15.6 Å². The Hall–Kier alpha value is -1.52. The molecule has 0 saturated carbocycles. The fourth-order valence-electron chi connectivity index (χ4n) is 1.56. The number of anilines is 2. The number of hydrogen-bond acceptors (Lipinski definition) is 3. The highest BCUT2D eigenvalue weighted by Crippen LogP contribution is 2.25. The smallest absolute Gasteiger partial charge is 0.265 e. The molecule has 1 amide bonds. The van der Waals surface area contributed by atoms with Gasteiger partial charge in [-0.2, -0.15) is 0 Å². The van der Waals surface area contributed by atoms with Crippen molar-refractivity contribution in [2.24, 2.45) is 0 Å². The fraction of sp³-hybridized carbons (Fsp3) is 0.154. The van der Waals surface area contributed by atoms with Crippen molar-refractivity contribution in [2.45, 2.75) is 13.8 Å². The summed E-state index contributed by atoms with van der Waals surface area (Å²) in [5, 5.41) is 3.51. The topological polar surface area (TPSA) is 55.1 Å². The number of carbonyl (C=O) groups is 1. The van der Waals surface area contributed by atoms with Crippen LogP contribution in [0.3, 0.4) is 0 Å². The van der Waals surface area contributed by atoms with E-state index in [1.54, 1.807) is 18.2 Å². The number of hydrogen-bond donors (Lipinski definition) is 2. The number of amides is 1. The Balaban J connectivity index is 2.21. The lowest BCUT2D eigenvalue weighted by molar-refractivity contribution is 0.103. The van der Waals surface area contributed by atoms with Crippen LogP contribution in [-0.4, -0.2) is 5.91 Å². The SMILES string of the molecule is Cc1cc(Cl)ccc1NC(=O)c1cc(N)c(C)s1. The van der Waals surface area contributed by atoms with Crippen molar-refractivity contribution in [1.82, 2.24) is 0 Å². The van der Waals surface area contributed by atoms with Gasteiger partial charge in [-0.25, -0.2) is 0 Å². The van der Waals surface area contributed by atoms with E-state index in [1.807, 2.05) is 19.9 Å². The number of rotatable bonds is 2. The molecule has 1 aromatic heterocycles. The molecule has 2 aromatic rings. The molecule has 94 valence electrons. The lowest BCUT2D eigenvalue weighted by Gasteiger charge is -2.07. The molecule has 0 radical (unpaired) electrons. The largest absolute Gasteiger partial charge is 0.398 e. The maximum Gasteiger partial charge on any atom is 0.265 e. The standard InChI is InChI=1S/C13H13ClN2OS/c1-7-5-9(14)3-4-11(7)16-13(17)12-6-10(15)8(2)18-12/h3-6H,15H2,1-2H3,(H,16,17). The monoisotopic (exact) mass is 280 g/mol. The molecule has 0 unspecified atom stereocenters. The van der Waals surface area contributed by atoms with Gasteiger partial charge in [0, 0.05) is 21.3 Å². The second-order valence-electron chi connectivity index (χ2n) is 4.04. The highest BCUT2D eigenvalue weighted by atomic mass is 35.5. The third kappa shape index (κ3) is 2.66. The summed E-state index contributed by atoms with van der Waals surface area (Å²) in [5.74, 6) is -0.148. The van der Waals surface area contributed by atoms with E-state index in [0.717, 1.165) is 16.1 Å². The zero-order valence-electron chi connectivity index (χ0n) is 10.1. The Morgan fingerprint density at radius 2 is 2.06 bits per heavy atom. The average molecular weight is 281 g/mol. The molecule has 3 N–H and O–H groups in total. The number of nitrogens with one attached hydrogen (secondary N) is 1. The van der Waals surface area contributed by atoms with Gasteiger partial charge in [0.1, 0.15) is 0 Å². The van der Waals surface area contributed by atoms with Gasteiger partial charge in [-0.1, -0.05) is 11.6 Å². The van der Waals surface area contributed by atoms with E-state index in [4.69, 9.17) is 17.3 Å². The molecule has 3 nitrogen and oxygen atoms in total. The number of thiophene rings is 1. The molecule has 18 heavy (non-hydrogen) atoms. The molecule has 0 fully saturated rings. The van der Waals surface area contributed by atoms with E-state index >= 15 is 0 Å². The predicted octanol–water partition coefficient (Wildman–Crippen LogP) is 3.85. The molecule has 0 spiro atoms. The van der Waals surface area contributed by atoms with E-state index in [9.17, 15) is 4.79 Å². The minimum atomic E-state index is -0.148. The van der Waals surface area contributed by atoms with Crippen LogP contribution in [0.15, 0.2) is 24.3 Å². The Bertz CT molecular complexity index is 588. The summed E-state index contributed by atoms with van der Waals surface area (Å²) in [5.41, 5.74) is 8.07. The zero-order valence-corrected chi connectivity index (χ0v) is 11.7. The molecule has 0 bridgehead atoms. The summed E-state index contributed by atoms with van der Waals surface area (Å²) in [4.78, 5) is 13.6. The fourth-order valence-corrected chi connectivity index (χ4v) is 2.62. The van der Waals surface area contributed by atoms with Crippen molar-refractivity contribution in [3.8, 4) is 0 Å². The maximum absolute atomic E-state index is 12.0.